The molecule has 3 nitrogen and oxygen atoms in total. The van der Waals surface area contributed by atoms with Gasteiger partial charge >= 0.3 is 6.09 Å². The summed E-state index contributed by atoms with van der Waals surface area (Å²) in [7, 11) is 0. The summed E-state index contributed by atoms with van der Waals surface area (Å²) in [6.45, 7) is 4.21. The van der Waals surface area contributed by atoms with Gasteiger partial charge in [0, 0.05) is 12.0 Å². The van der Waals surface area contributed by atoms with Gasteiger partial charge in [-0.1, -0.05) is 91.5 Å². The van der Waals surface area contributed by atoms with Gasteiger partial charge in [0.2, 0.25) is 0 Å². The van der Waals surface area contributed by atoms with E-state index in [0.29, 0.717) is 6.61 Å². The average molecular weight is 434 g/mol. The lowest BCUT2D eigenvalue weighted by molar-refractivity contribution is 0.0866. The molecule has 2 bridgehead atoms. The molecular weight excluding hydrogens is 406 g/mol. The van der Waals surface area contributed by atoms with Gasteiger partial charge in [-0.2, -0.15) is 0 Å². The third kappa shape index (κ3) is 3.39. The van der Waals surface area contributed by atoms with Crippen molar-refractivity contribution in [3.05, 3.63) is 108 Å². The van der Waals surface area contributed by atoms with E-state index in [4.69, 9.17) is 4.74 Å². The Morgan fingerprint density at radius 1 is 0.939 bits per heavy atom. The number of carbonyl (C=O) groups excluding carboxylic acids is 1. The SMILES string of the molecule is C=Cc1ccc(C2=CC3CCC(C2)N3C(=O)OCC2c3ccccc3-c3ccccc32)cc1. The first-order valence-corrected chi connectivity index (χ1v) is 11.8. The fourth-order valence-corrected chi connectivity index (χ4v) is 5.83. The van der Waals surface area contributed by atoms with Crippen LogP contribution in [0.25, 0.3) is 22.8 Å². The van der Waals surface area contributed by atoms with Gasteiger partial charge < -0.3 is 4.74 Å². The number of hydrogen-bond donors (Lipinski definition) is 0. The minimum Gasteiger partial charge on any atom is -0.448 e. The summed E-state index contributed by atoms with van der Waals surface area (Å²) < 4.78 is 5.98. The fraction of sp³-hybridized carbons (Fsp3) is 0.233. The Morgan fingerprint density at radius 2 is 1.61 bits per heavy atom. The zero-order valence-corrected chi connectivity index (χ0v) is 18.6. The molecule has 3 aliphatic rings. The van der Waals surface area contributed by atoms with Crippen molar-refractivity contribution in [2.45, 2.75) is 37.3 Å². The molecule has 3 heteroatoms. The van der Waals surface area contributed by atoms with Gasteiger partial charge in [-0.3, -0.25) is 4.90 Å². The molecule has 6 rings (SSSR count). The van der Waals surface area contributed by atoms with Crippen LogP contribution in [0.15, 0.2) is 85.5 Å². The van der Waals surface area contributed by atoms with Crippen molar-refractivity contribution in [3.63, 3.8) is 0 Å². The Kier molecular flexibility index (Phi) is 4.91. The van der Waals surface area contributed by atoms with Crippen LogP contribution in [0.3, 0.4) is 0 Å². The molecule has 1 fully saturated rings. The van der Waals surface area contributed by atoms with Gasteiger partial charge in [0.05, 0.1) is 6.04 Å². The van der Waals surface area contributed by atoms with E-state index in [1.807, 2.05) is 11.0 Å². The summed E-state index contributed by atoms with van der Waals surface area (Å²) in [6.07, 6.45) is 6.87. The van der Waals surface area contributed by atoms with Gasteiger partial charge in [0.25, 0.3) is 0 Å². The molecule has 2 heterocycles. The molecule has 164 valence electrons. The molecule has 0 aromatic heterocycles. The highest BCUT2D eigenvalue weighted by molar-refractivity contribution is 5.79. The van der Waals surface area contributed by atoms with E-state index in [1.54, 1.807) is 0 Å². The Morgan fingerprint density at radius 3 is 2.24 bits per heavy atom. The van der Waals surface area contributed by atoms with Crippen LogP contribution < -0.4 is 0 Å². The molecule has 3 aromatic carbocycles. The molecule has 0 N–H and O–H groups in total. The molecule has 2 aliphatic heterocycles. The smallest absolute Gasteiger partial charge is 0.410 e. The monoisotopic (exact) mass is 433 g/mol. The van der Waals surface area contributed by atoms with E-state index in [0.717, 1.165) is 24.8 Å². The lowest BCUT2D eigenvalue weighted by atomic mass is 9.94. The minimum atomic E-state index is -0.179. The second-order valence-corrected chi connectivity index (χ2v) is 9.23. The normalized spacial score (nSPS) is 20.7. The number of fused-ring (bicyclic) bond motifs is 5. The Balaban J connectivity index is 1.19. The quantitative estimate of drug-likeness (QED) is 0.448. The van der Waals surface area contributed by atoms with Crippen LogP contribution in [0.4, 0.5) is 4.79 Å². The number of benzene rings is 3. The van der Waals surface area contributed by atoms with Crippen molar-refractivity contribution in [3.8, 4) is 11.1 Å². The van der Waals surface area contributed by atoms with Crippen LogP contribution >= 0.6 is 0 Å². The van der Waals surface area contributed by atoms with Crippen molar-refractivity contribution in [2.24, 2.45) is 0 Å². The molecule has 1 saturated heterocycles. The van der Waals surface area contributed by atoms with Crippen molar-refractivity contribution in [2.75, 3.05) is 6.61 Å². The van der Waals surface area contributed by atoms with Crippen LogP contribution in [0.1, 0.15) is 47.4 Å². The van der Waals surface area contributed by atoms with Gasteiger partial charge in [-0.15, -0.1) is 0 Å². The predicted octanol–water partition coefficient (Wildman–Crippen LogP) is 6.90. The number of carbonyl (C=O) groups is 1. The second kappa shape index (κ2) is 8.08. The lowest BCUT2D eigenvalue weighted by Crippen LogP contribution is -2.43. The molecule has 0 saturated carbocycles. The maximum atomic E-state index is 13.2. The summed E-state index contributed by atoms with van der Waals surface area (Å²) in [5.41, 5.74) is 8.70. The summed E-state index contributed by atoms with van der Waals surface area (Å²) in [4.78, 5) is 15.2. The maximum absolute atomic E-state index is 13.2. The highest BCUT2D eigenvalue weighted by Gasteiger charge is 2.41. The van der Waals surface area contributed by atoms with Crippen LogP contribution in [0.5, 0.6) is 0 Å². The predicted molar refractivity (Wildman–Crippen MR) is 133 cm³/mol. The Labute approximate surface area is 195 Å². The molecule has 0 spiro atoms. The maximum Gasteiger partial charge on any atom is 0.410 e. The van der Waals surface area contributed by atoms with Crippen molar-refractivity contribution < 1.29 is 9.53 Å². The van der Waals surface area contributed by atoms with Crippen molar-refractivity contribution >= 4 is 17.7 Å². The van der Waals surface area contributed by atoms with Gasteiger partial charge in [-0.25, -0.2) is 4.79 Å². The fourth-order valence-electron chi connectivity index (χ4n) is 5.83. The highest BCUT2D eigenvalue weighted by Crippen LogP contribution is 2.45. The number of rotatable bonds is 4. The third-order valence-electron chi connectivity index (χ3n) is 7.46. The molecular formula is C30H27NO2. The molecule has 2 unspecified atom stereocenters. The number of ether oxygens (including phenoxy) is 1. The standard InChI is InChI=1S/C30H27NO2/c1-2-20-11-13-21(14-12-20)22-17-23-15-16-24(18-22)31(23)30(32)33-19-29-27-9-5-3-7-25(27)26-8-4-6-10-28(26)29/h2-14,17,23-24,29H,1,15-16,18-19H2. The lowest BCUT2D eigenvalue weighted by Gasteiger charge is -2.33. The van der Waals surface area contributed by atoms with E-state index < -0.39 is 0 Å². The summed E-state index contributed by atoms with van der Waals surface area (Å²) in [5.74, 6) is 0.0956. The first-order chi connectivity index (χ1) is 16.2. The number of hydrogen-bond acceptors (Lipinski definition) is 2. The molecule has 1 aliphatic carbocycles. The van der Waals surface area contributed by atoms with E-state index in [1.165, 1.54) is 33.4 Å². The van der Waals surface area contributed by atoms with E-state index in [-0.39, 0.29) is 24.1 Å². The minimum absolute atomic E-state index is 0.0956. The number of amides is 1. The van der Waals surface area contributed by atoms with Gasteiger partial charge in [-0.05, 0) is 58.2 Å². The van der Waals surface area contributed by atoms with E-state index >= 15 is 0 Å². The topological polar surface area (TPSA) is 29.5 Å². The van der Waals surface area contributed by atoms with Gasteiger partial charge in [0.15, 0.2) is 0 Å². The molecule has 3 aromatic rings. The molecule has 2 atom stereocenters. The van der Waals surface area contributed by atoms with Crippen LogP contribution in [0, 0.1) is 0 Å². The first kappa shape index (κ1) is 20.0. The van der Waals surface area contributed by atoms with Crippen LogP contribution in [-0.2, 0) is 4.74 Å². The first-order valence-electron chi connectivity index (χ1n) is 11.8. The average Bonchev–Trinajstić information content (AvgIpc) is 3.33. The Bertz CT molecular complexity index is 1210. The summed E-state index contributed by atoms with van der Waals surface area (Å²) >= 11 is 0. The third-order valence-corrected chi connectivity index (χ3v) is 7.46. The number of nitrogens with zero attached hydrogens (tertiary/aromatic N) is 1. The molecule has 1 amide bonds. The second-order valence-electron chi connectivity index (χ2n) is 9.23. The largest absolute Gasteiger partial charge is 0.448 e. The van der Waals surface area contributed by atoms with Gasteiger partial charge in [0.1, 0.15) is 6.61 Å². The van der Waals surface area contributed by atoms with E-state index in [2.05, 4.69) is 85.5 Å². The highest BCUT2D eigenvalue weighted by atomic mass is 16.6. The van der Waals surface area contributed by atoms with E-state index in [9.17, 15) is 4.79 Å². The molecule has 0 radical (unpaired) electrons. The van der Waals surface area contributed by atoms with Crippen LogP contribution in [0.2, 0.25) is 0 Å². The Hall–Kier alpha value is -3.59. The van der Waals surface area contributed by atoms with Crippen molar-refractivity contribution in [1.82, 2.24) is 4.90 Å². The van der Waals surface area contributed by atoms with Crippen molar-refractivity contribution in [1.29, 1.82) is 0 Å². The zero-order chi connectivity index (χ0) is 22.4. The molecule has 33 heavy (non-hydrogen) atoms. The summed E-state index contributed by atoms with van der Waals surface area (Å²) in [6, 6.07) is 25.8. The zero-order valence-electron chi connectivity index (χ0n) is 18.6. The summed E-state index contributed by atoms with van der Waals surface area (Å²) in [5, 5.41) is 0. The van der Waals surface area contributed by atoms with Crippen LogP contribution in [-0.4, -0.2) is 29.7 Å².